The summed E-state index contributed by atoms with van der Waals surface area (Å²) < 4.78 is 13.7. The van der Waals surface area contributed by atoms with Crippen LogP contribution in [0.1, 0.15) is 22.9 Å². The highest BCUT2D eigenvalue weighted by Gasteiger charge is 2.13. The Morgan fingerprint density at radius 2 is 2.17 bits per heavy atom. The molecule has 94 valence electrons. The Balaban J connectivity index is 2.21. The fourth-order valence-electron chi connectivity index (χ4n) is 1.91. The van der Waals surface area contributed by atoms with Crippen molar-refractivity contribution in [1.29, 1.82) is 0 Å². The Bertz CT molecular complexity index is 557. The normalized spacial score (nSPS) is 12.4. The van der Waals surface area contributed by atoms with Gasteiger partial charge in [-0.1, -0.05) is 23.7 Å². The lowest BCUT2D eigenvalue weighted by molar-refractivity contribution is 0.589. The van der Waals surface area contributed by atoms with Gasteiger partial charge in [-0.3, -0.25) is 4.98 Å². The van der Waals surface area contributed by atoms with Crippen LogP contribution < -0.4 is 5.73 Å². The topological polar surface area (TPSA) is 38.9 Å². The number of aromatic nitrogens is 1. The van der Waals surface area contributed by atoms with Gasteiger partial charge in [0, 0.05) is 11.2 Å². The Kier molecular flexibility index (Phi) is 3.94. The van der Waals surface area contributed by atoms with Gasteiger partial charge in [0.2, 0.25) is 0 Å². The second kappa shape index (κ2) is 5.46. The molecule has 18 heavy (non-hydrogen) atoms. The molecule has 1 aromatic heterocycles. The highest BCUT2D eigenvalue weighted by Crippen LogP contribution is 2.21. The van der Waals surface area contributed by atoms with Crippen LogP contribution in [0, 0.1) is 12.7 Å². The first kappa shape index (κ1) is 13.0. The third kappa shape index (κ3) is 2.86. The first-order valence-electron chi connectivity index (χ1n) is 5.69. The molecule has 1 atom stereocenters. The van der Waals surface area contributed by atoms with E-state index in [-0.39, 0.29) is 11.9 Å². The van der Waals surface area contributed by atoms with E-state index < -0.39 is 0 Å². The van der Waals surface area contributed by atoms with Gasteiger partial charge in [-0.15, -0.1) is 0 Å². The third-order valence-corrected chi connectivity index (χ3v) is 3.09. The molecule has 0 amide bonds. The van der Waals surface area contributed by atoms with Crippen molar-refractivity contribution < 1.29 is 4.39 Å². The van der Waals surface area contributed by atoms with E-state index in [4.69, 9.17) is 17.3 Å². The van der Waals surface area contributed by atoms with Crippen molar-refractivity contribution in [2.45, 2.75) is 19.4 Å². The maximum absolute atomic E-state index is 13.7. The van der Waals surface area contributed by atoms with Crippen LogP contribution in [-0.4, -0.2) is 4.98 Å². The van der Waals surface area contributed by atoms with Crippen molar-refractivity contribution in [1.82, 2.24) is 4.98 Å². The van der Waals surface area contributed by atoms with E-state index in [9.17, 15) is 4.39 Å². The summed E-state index contributed by atoms with van der Waals surface area (Å²) in [4.78, 5) is 4.25. The minimum absolute atomic E-state index is 0.318. The van der Waals surface area contributed by atoms with E-state index >= 15 is 0 Å². The Morgan fingerprint density at radius 3 is 2.83 bits per heavy atom. The van der Waals surface area contributed by atoms with E-state index in [0.717, 1.165) is 11.3 Å². The lowest BCUT2D eigenvalue weighted by atomic mass is 10.0. The molecular weight excluding hydrogens is 251 g/mol. The Morgan fingerprint density at radius 1 is 1.39 bits per heavy atom. The van der Waals surface area contributed by atoms with Crippen LogP contribution in [-0.2, 0) is 6.42 Å². The van der Waals surface area contributed by atoms with Gasteiger partial charge in [-0.2, -0.15) is 0 Å². The average Bonchev–Trinajstić information content (AvgIpc) is 2.33. The van der Waals surface area contributed by atoms with Crippen LogP contribution >= 0.6 is 11.6 Å². The molecule has 0 bridgehead atoms. The van der Waals surface area contributed by atoms with Crippen molar-refractivity contribution in [3.05, 3.63) is 64.2 Å². The Hall–Kier alpha value is -1.45. The SMILES string of the molecule is Cc1cccnc1C(N)Cc1ccc(Cl)cc1F. The molecule has 4 heteroatoms. The molecular formula is C14H14ClFN2. The zero-order valence-corrected chi connectivity index (χ0v) is 10.8. The predicted octanol–water partition coefficient (Wildman–Crippen LogP) is 3.43. The van der Waals surface area contributed by atoms with Gasteiger partial charge in [0.1, 0.15) is 5.82 Å². The van der Waals surface area contributed by atoms with Gasteiger partial charge in [-0.05, 0) is 42.7 Å². The first-order valence-corrected chi connectivity index (χ1v) is 6.06. The molecule has 0 saturated carbocycles. The fourth-order valence-corrected chi connectivity index (χ4v) is 2.07. The van der Waals surface area contributed by atoms with Crippen LogP contribution in [0.4, 0.5) is 4.39 Å². The number of hydrogen-bond acceptors (Lipinski definition) is 2. The summed E-state index contributed by atoms with van der Waals surface area (Å²) in [5.41, 5.74) is 8.44. The van der Waals surface area contributed by atoms with Crippen LogP contribution in [0.3, 0.4) is 0 Å². The van der Waals surface area contributed by atoms with Gasteiger partial charge in [0.05, 0.1) is 11.7 Å². The van der Waals surface area contributed by atoms with Crippen LogP contribution in [0.2, 0.25) is 5.02 Å². The molecule has 0 aliphatic carbocycles. The molecule has 1 unspecified atom stereocenters. The van der Waals surface area contributed by atoms with Gasteiger partial charge in [0.25, 0.3) is 0 Å². The number of rotatable bonds is 3. The van der Waals surface area contributed by atoms with Gasteiger partial charge in [-0.25, -0.2) is 4.39 Å². The summed E-state index contributed by atoms with van der Waals surface area (Å²) in [6, 6.07) is 8.11. The number of aryl methyl sites for hydroxylation is 1. The summed E-state index contributed by atoms with van der Waals surface area (Å²) in [5, 5.41) is 0.388. The number of nitrogens with zero attached hydrogens (tertiary/aromatic N) is 1. The average molecular weight is 265 g/mol. The molecule has 0 spiro atoms. The molecule has 2 aromatic rings. The number of halogens is 2. The first-order chi connectivity index (χ1) is 8.58. The molecule has 2 N–H and O–H groups in total. The summed E-state index contributed by atoms with van der Waals surface area (Å²) >= 11 is 5.71. The quantitative estimate of drug-likeness (QED) is 0.923. The van der Waals surface area contributed by atoms with E-state index in [1.807, 2.05) is 19.1 Å². The number of hydrogen-bond donors (Lipinski definition) is 1. The predicted molar refractivity (Wildman–Crippen MR) is 71.0 cm³/mol. The third-order valence-electron chi connectivity index (χ3n) is 2.86. The van der Waals surface area contributed by atoms with E-state index in [2.05, 4.69) is 4.98 Å². The molecule has 1 heterocycles. The second-order valence-corrected chi connectivity index (χ2v) is 4.69. The largest absolute Gasteiger partial charge is 0.322 e. The summed E-state index contributed by atoms with van der Waals surface area (Å²) in [6.07, 6.45) is 2.10. The van der Waals surface area contributed by atoms with Crippen LogP contribution in [0.15, 0.2) is 36.5 Å². The summed E-state index contributed by atoms with van der Waals surface area (Å²) in [5.74, 6) is -0.327. The van der Waals surface area contributed by atoms with E-state index in [1.165, 1.54) is 6.07 Å². The van der Waals surface area contributed by atoms with Crippen molar-refractivity contribution in [2.75, 3.05) is 0 Å². The molecule has 0 saturated heterocycles. The number of benzene rings is 1. The maximum atomic E-state index is 13.7. The standard InChI is InChI=1S/C14H14ClFN2/c1-9-3-2-6-18-14(9)13(17)7-10-4-5-11(15)8-12(10)16/h2-6,8,13H,7,17H2,1H3. The molecule has 1 aromatic carbocycles. The van der Waals surface area contributed by atoms with Crippen LogP contribution in [0.5, 0.6) is 0 Å². The van der Waals surface area contributed by atoms with Crippen molar-refractivity contribution >= 4 is 11.6 Å². The van der Waals surface area contributed by atoms with Crippen molar-refractivity contribution in [3.63, 3.8) is 0 Å². The van der Waals surface area contributed by atoms with Gasteiger partial charge >= 0.3 is 0 Å². The van der Waals surface area contributed by atoms with Gasteiger partial charge in [0.15, 0.2) is 0 Å². The minimum Gasteiger partial charge on any atom is -0.322 e. The number of pyridine rings is 1. The molecule has 0 fully saturated rings. The minimum atomic E-state index is -0.327. The van der Waals surface area contributed by atoms with Crippen molar-refractivity contribution in [3.8, 4) is 0 Å². The van der Waals surface area contributed by atoms with E-state index in [0.29, 0.717) is 17.0 Å². The number of nitrogens with two attached hydrogens (primary N) is 1. The maximum Gasteiger partial charge on any atom is 0.127 e. The molecule has 0 radical (unpaired) electrons. The highest BCUT2D eigenvalue weighted by molar-refractivity contribution is 6.30. The summed E-state index contributed by atoms with van der Waals surface area (Å²) in [7, 11) is 0. The zero-order valence-electron chi connectivity index (χ0n) is 10.0. The molecule has 2 nitrogen and oxygen atoms in total. The smallest absolute Gasteiger partial charge is 0.127 e. The lowest BCUT2D eigenvalue weighted by Crippen LogP contribution is -2.16. The Labute approximate surface area is 111 Å². The van der Waals surface area contributed by atoms with E-state index in [1.54, 1.807) is 18.3 Å². The van der Waals surface area contributed by atoms with Crippen molar-refractivity contribution in [2.24, 2.45) is 5.73 Å². The zero-order chi connectivity index (χ0) is 13.1. The molecule has 0 aliphatic heterocycles. The highest BCUT2D eigenvalue weighted by atomic mass is 35.5. The lowest BCUT2D eigenvalue weighted by Gasteiger charge is -2.14. The summed E-state index contributed by atoms with van der Waals surface area (Å²) in [6.45, 7) is 1.94. The molecule has 0 aliphatic rings. The monoisotopic (exact) mass is 264 g/mol. The van der Waals surface area contributed by atoms with Gasteiger partial charge < -0.3 is 5.73 Å². The second-order valence-electron chi connectivity index (χ2n) is 4.25. The van der Waals surface area contributed by atoms with Crippen LogP contribution in [0.25, 0.3) is 0 Å². The fraction of sp³-hybridized carbons (Fsp3) is 0.214. The molecule has 2 rings (SSSR count).